The zero-order valence-corrected chi connectivity index (χ0v) is 13.5. The van der Waals surface area contributed by atoms with Crippen molar-refractivity contribution in [3.8, 4) is 11.9 Å². The number of hydrogen-bond donors (Lipinski definition) is 1. The van der Waals surface area contributed by atoms with Gasteiger partial charge in [-0.25, -0.2) is 9.78 Å². The summed E-state index contributed by atoms with van der Waals surface area (Å²) in [5.74, 6) is 0.399. The van der Waals surface area contributed by atoms with Gasteiger partial charge in [0.15, 0.2) is 0 Å². The number of carbonyl (C=O) groups excluding carboxylic acids is 1. The molecule has 2 amide bonds. The molecule has 6 nitrogen and oxygen atoms in total. The SMILES string of the molecule is N#Cc1ccnc(OC2CCN(C(=O)Nc3cccc(Cl)c3)C2)c1. The van der Waals surface area contributed by atoms with Gasteiger partial charge in [-0.15, -0.1) is 0 Å². The van der Waals surface area contributed by atoms with Crippen molar-refractivity contribution in [1.29, 1.82) is 5.26 Å². The van der Waals surface area contributed by atoms with Gasteiger partial charge in [0.05, 0.1) is 18.2 Å². The van der Waals surface area contributed by atoms with Crippen LogP contribution < -0.4 is 10.1 Å². The third-order valence-corrected chi connectivity index (χ3v) is 3.89. The number of likely N-dealkylation sites (tertiary alicyclic amines) is 1. The third-order valence-electron chi connectivity index (χ3n) is 3.66. The van der Waals surface area contributed by atoms with Crippen LogP contribution in [0.1, 0.15) is 12.0 Å². The molecular formula is C17H15ClN4O2. The molecule has 1 N–H and O–H groups in total. The molecule has 1 atom stereocenters. The summed E-state index contributed by atoms with van der Waals surface area (Å²) in [7, 11) is 0. The molecule has 2 aromatic rings. The Morgan fingerprint density at radius 1 is 1.42 bits per heavy atom. The molecule has 3 rings (SSSR count). The summed E-state index contributed by atoms with van der Waals surface area (Å²) in [6, 6.07) is 12.1. The smallest absolute Gasteiger partial charge is 0.321 e. The fourth-order valence-electron chi connectivity index (χ4n) is 2.49. The predicted octanol–water partition coefficient (Wildman–Crippen LogP) is 3.29. The fraction of sp³-hybridized carbons (Fsp3) is 0.235. The van der Waals surface area contributed by atoms with Crippen LogP contribution >= 0.6 is 11.6 Å². The van der Waals surface area contributed by atoms with Crippen molar-refractivity contribution in [1.82, 2.24) is 9.88 Å². The lowest BCUT2D eigenvalue weighted by molar-refractivity contribution is 0.190. The van der Waals surface area contributed by atoms with Crippen molar-refractivity contribution in [2.24, 2.45) is 0 Å². The number of nitrogens with one attached hydrogen (secondary N) is 1. The minimum atomic E-state index is -0.192. The third kappa shape index (κ3) is 3.94. The van der Waals surface area contributed by atoms with E-state index >= 15 is 0 Å². The van der Waals surface area contributed by atoms with Gasteiger partial charge in [0.2, 0.25) is 5.88 Å². The van der Waals surface area contributed by atoms with E-state index in [0.717, 1.165) is 0 Å². The number of nitriles is 1. The van der Waals surface area contributed by atoms with Crippen LogP contribution in [0, 0.1) is 11.3 Å². The van der Waals surface area contributed by atoms with E-state index in [1.807, 2.05) is 6.07 Å². The lowest BCUT2D eigenvalue weighted by Crippen LogP contribution is -2.34. The normalized spacial score (nSPS) is 16.5. The Morgan fingerprint density at radius 3 is 3.08 bits per heavy atom. The average molecular weight is 343 g/mol. The van der Waals surface area contributed by atoms with Gasteiger partial charge in [-0.05, 0) is 24.3 Å². The van der Waals surface area contributed by atoms with Crippen molar-refractivity contribution in [2.45, 2.75) is 12.5 Å². The molecular weight excluding hydrogens is 328 g/mol. The zero-order valence-electron chi connectivity index (χ0n) is 12.8. The number of ether oxygens (including phenoxy) is 1. The number of halogens is 1. The first kappa shape index (κ1) is 16.1. The Hall–Kier alpha value is -2.78. The van der Waals surface area contributed by atoms with E-state index in [9.17, 15) is 4.79 Å². The highest BCUT2D eigenvalue weighted by molar-refractivity contribution is 6.30. The zero-order chi connectivity index (χ0) is 16.9. The number of hydrogen-bond acceptors (Lipinski definition) is 4. The number of anilines is 1. The Labute approximate surface area is 144 Å². The van der Waals surface area contributed by atoms with Gasteiger partial charge in [-0.3, -0.25) is 0 Å². The van der Waals surface area contributed by atoms with Crippen LogP contribution in [0.5, 0.6) is 5.88 Å². The summed E-state index contributed by atoms with van der Waals surface area (Å²) >= 11 is 5.91. The molecule has 1 unspecified atom stereocenters. The first-order valence-electron chi connectivity index (χ1n) is 7.48. The van der Waals surface area contributed by atoms with E-state index < -0.39 is 0 Å². The molecule has 0 bridgehead atoms. The van der Waals surface area contributed by atoms with E-state index in [1.165, 1.54) is 6.20 Å². The first-order valence-corrected chi connectivity index (χ1v) is 7.86. The maximum Gasteiger partial charge on any atom is 0.321 e. The second-order valence-electron chi connectivity index (χ2n) is 5.41. The van der Waals surface area contributed by atoms with Crippen LogP contribution in [0.4, 0.5) is 10.5 Å². The monoisotopic (exact) mass is 342 g/mol. The number of rotatable bonds is 3. The second kappa shape index (κ2) is 7.20. The summed E-state index contributed by atoms with van der Waals surface area (Å²) in [5.41, 5.74) is 1.15. The molecule has 1 aliphatic heterocycles. The molecule has 24 heavy (non-hydrogen) atoms. The highest BCUT2D eigenvalue weighted by atomic mass is 35.5. The van der Waals surface area contributed by atoms with Gasteiger partial charge in [-0.1, -0.05) is 17.7 Å². The lowest BCUT2D eigenvalue weighted by Gasteiger charge is -2.17. The van der Waals surface area contributed by atoms with Crippen molar-refractivity contribution in [3.63, 3.8) is 0 Å². The van der Waals surface area contributed by atoms with Gasteiger partial charge in [0.25, 0.3) is 0 Å². The molecule has 0 saturated carbocycles. The number of aromatic nitrogens is 1. The highest BCUT2D eigenvalue weighted by Gasteiger charge is 2.28. The van der Waals surface area contributed by atoms with Gasteiger partial charge >= 0.3 is 6.03 Å². The number of amides is 2. The molecule has 122 valence electrons. The number of urea groups is 1. The molecule has 1 saturated heterocycles. The van der Waals surface area contributed by atoms with Crippen molar-refractivity contribution < 1.29 is 9.53 Å². The van der Waals surface area contributed by atoms with Crippen molar-refractivity contribution in [3.05, 3.63) is 53.2 Å². The summed E-state index contributed by atoms with van der Waals surface area (Å²) in [6.45, 7) is 1.06. The minimum Gasteiger partial charge on any atom is -0.472 e. The molecule has 1 aromatic carbocycles. The Kier molecular flexibility index (Phi) is 4.82. The van der Waals surface area contributed by atoms with E-state index in [0.29, 0.717) is 41.7 Å². The van der Waals surface area contributed by atoms with E-state index in [2.05, 4.69) is 10.3 Å². The van der Waals surface area contributed by atoms with Crippen LogP contribution in [0.15, 0.2) is 42.6 Å². The molecule has 0 aliphatic carbocycles. The van der Waals surface area contributed by atoms with E-state index in [1.54, 1.807) is 41.3 Å². The molecule has 0 spiro atoms. The van der Waals surface area contributed by atoms with Crippen molar-refractivity contribution in [2.75, 3.05) is 18.4 Å². The first-order chi connectivity index (χ1) is 11.6. The molecule has 1 aliphatic rings. The van der Waals surface area contributed by atoms with E-state index in [4.69, 9.17) is 21.6 Å². The quantitative estimate of drug-likeness (QED) is 0.928. The molecule has 7 heteroatoms. The van der Waals surface area contributed by atoms with Crippen LogP contribution in [0.2, 0.25) is 5.02 Å². The number of carbonyl (C=O) groups is 1. The van der Waals surface area contributed by atoms with Crippen molar-refractivity contribution >= 4 is 23.3 Å². The summed E-state index contributed by atoms with van der Waals surface area (Å²) < 4.78 is 5.76. The molecule has 1 aromatic heterocycles. The number of pyridine rings is 1. The van der Waals surface area contributed by atoms with Gasteiger partial charge in [0.1, 0.15) is 6.10 Å². The fourth-order valence-corrected chi connectivity index (χ4v) is 2.68. The molecule has 1 fully saturated rings. The number of benzene rings is 1. The van der Waals surface area contributed by atoms with Crippen LogP contribution in [-0.2, 0) is 0 Å². The van der Waals surface area contributed by atoms with Crippen LogP contribution in [0.3, 0.4) is 0 Å². The van der Waals surface area contributed by atoms with Gasteiger partial charge in [0, 0.05) is 35.9 Å². The summed E-state index contributed by atoms with van der Waals surface area (Å²) in [4.78, 5) is 18.1. The summed E-state index contributed by atoms with van der Waals surface area (Å²) in [5, 5.41) is 12.3. The Bertz CT molecular complexity index is 790. The predicted molar refractivity (Wildman–Crippen MR) is 90.0 cm³/mol. The number of nitrogens with zero attached hydrogens (tertiary/aromatic N) is 3. The molecule has 2 heterocycles. The minimum absolute atomic E-state index is 0.142. The van der Waals surface area contributed by atoms with Crippen LogP contribution in [-0.4, -0.2) is 35.1 Å². The maximum atomic E-state index is 12.3. The lowest BCUT2D eigenvalue weighted by atomic mass is 10.3. The van der Waals surface area contributed by atoms with Gasteiger partial charge < -0.3 is 15.0 Å². The topological polar surface area (TPSA) is 78.2 Å². The standard InChI is InChI=1S/C17H15ClN4O2/c18-13-2-1-3-14(9-13)21-17(23)22-7-5-15(11-22)24-16-8-12(10-19)4-6-20-16/h1-4,6,8-9,15H,5,7,11H2,(H,21,23). The Morgan fingerprint density at radius 2 is 2.29 bits per heavy atom. The molecule has 0 radical (unpaired) electrons. The Balaban J connectivity index is 1.56. The van der Waals surface area contributed by atoms with Gasteiger partial charge in [-0.2, -0.15) is 5.26 Å². The summed E-state index contributed by atoms with van der Waals surface area (Å²) in [6.07, 6.45) is 2.10. The van der Waals surface area contributed by atoms with Crippen LogP contribution in [0.25, 0.3) is 0 Å². The average Bonchev–Trinajstić information content (AvgIpc) is 3.04. The maximum absolute atomic E-state index is 12.3. The largest absolute Gasteiger partial charge is 0.472 e. The van der Waals surface area contributed by atoms with E-state index in [-0.39, 0.29) is 12.1 Å². The second-order valence-corrected chi connectivity index (χ2v) is 5.85. The highest BCUT2D eigenvalue weighted by Crippen LogP contribution is 2.19.